The molecular formula is C24H32O8. The molecule has 2 heterocycles. The molecule has 2 aliphatic heterocycles. The highest BCUT2D eigenvalue weighted by Gasteiger charge is 2.43. The van der Waals surface area contributed by atoms with Crippen molar-refractivity contribution < 1.29 is 38.0 Å². The Kier molecular flexibility index (Phi) is 7.92. The second-order valence-corrected chi connectivity index (χ2v) is 8.45. The summed E-state index contributed by atoms with van der Waals surface area (Å²) >= 11 is 0. The average Bonchev–Trinajstić information content (AvgIpc) is 3.05. The van der Waals surface area contributed by atoms with Crippen LogP contribution in [-0.2, 0) is 30.2 Å². The van der Waals surface area contributed by atoms with Crippen LogP contribution in [0.1, 0.15) is 56.0 Å². The summed E-state index contributed by atoms with van der Waals surface area (Å²) in [7, 11) is 3.06. The van der Waals surface area contributed by atoms with Crippen LogP contribution in [0.3, 0.4) is 0 Å². The van der Waals surface area contributed by atoms with Crippen molar-refractivity contribution in [3.63, 3.8) is 0 Å². The molecule has 0 saturated carbocycles. The largest absolute Gasteiger partial charge is 0.497 e. The lowest BCUT2D eigenvalue weighted by molar-refractivity contribution is -0.153. The van der Waals surface area contributed by atoms with Gasteiger partial charge in [-0.15, -0.1) is 0 Å². The molecule has 176 valence electrons. The molecular weight excluding hydrogens is 416 g/mol. The zero-order valence-electron chi connectivity index (χ0n) is 19.3. The number of methoxy groups -OCH3 is 2. The monoisotopic (exact) mass is 448 g/mol. The Hall–Kier alpha value is -2.42. The molecule has 8 heteroatoms. The van der Waals surface area contributed by atoms with E-state index < -0.39 is 24.0 Å². The molecule has 0 radical (unpaired) electrons. The van der Waals surface area contributed by atoms with Gasteiger partial charge in [0.2, 0.25) is 0 Å². The fraction of sp³-hybridized carbons (Fsp3) is 0.583. The second-order valence-electron chi connectivity index (χ2n) is 8.45. The first-order chi connectivity index (χ1) is 15.2. The van der Waals surface area contributed by atoms with Gasteiger partial charge < -0.3 is 28.4 Å². The summed E-state index contributed by atoms with van der Waals surface area (Å²) in [5.41, 5.74) is 1.09. The van der Waals surface area contributed by atoms with Crippen LogP contribution in [0.15, 0.2) is 24.3 Å². The van der Waals surface area contributed by atoms with Gasteiger partial charge in [0.15, 0.2) is 18.4 Å². The van der Waals surface area contributed by atoms with Crippen molar-refractivity contribution in [3.8, 4) is 11.5 Å². The summed E-state index contributed by atoms with van der Waals surface area (Å²) in [5, 5.41) is 0. The van der Waals surface area contributed by atoms with E-state index in [1.54, 1.807) is 40.0 Å². The summed E-state index contributed by atoms with van der Waals surface area (Å²) in [6.07, 6.45) is 3.90. The van der Waals surface area contributed by atoms with Gasteiger partial charge in [-0.1, -0.05) is 6.08 Å². The van der Waals surface area contributed by atoms with Gasteiger partial charge in [-0.3, -0.25) is 4.79 Å². The molecule has 2 aliphatic rings. The van der Waals surface area contributed by atoms with Crippen molar-refractivity contribution in [2.45, 2.75) is 70.6 Å². The molecule has 0 bridgehead atoms. The fourth-order valence-electron chi connectivity index (χ4n) is 3.97. The van der Waals surface area contributed by atoms with Crippen molar-refractivity contribution in [3.05, 3.63) is 35.4 Å². The van der Waals surface area contributed by atoms with Crippen LogP contribution in [0.2, 0.25) is 0 Å². The quantitative estimate of drug-likeness (QED) is 0.510. The first-order valence-electron chi connectivity index (χ1n) is 10.8. The Morgan fingerprint density at radius 2 is 1.94 bits per heavy atom. The maximum absolute atomic E-state index is 13.1. The smallest absolute Gasteiger partial charge is 0.342 e. The Labute approximate surface area is 188 Å². The first-order valence-corrected chi connectivity index (χ1v) is 10.8. The van der Waals surface area contributed by atoms with E-state index in [1.165, 1.54) is 13.2 Å². The normalized spacial score (nSPS) is 27.0. The third-order valence-electron chi connectivity index (χ3n) is 5.39. The van der Waals surface area contributed by atoms with Gasteiger partial charge in [0, 0.05) is 19.6 Å². The molecule has 3 atom stereocenters. The SMILES string of the molecule is COCOc1cc(OC)cc2c1C(=O)OC(C)C/C=C\C(=O)C1OC(C)(C)O[C@H]1CCC2. The Balaban J connectivity index is 1.96. The number of ether oxygens (including phenoxy) is 6. The van der Waals surface area contributed by atoms with E-state index in [-0.39, 0.29) is 18.7 Å². The molecule has 0 N–H and O–H groups in total. The summed E-state index contributed by atoms with van der Waals surface area (Å²) < 4.78 is 33.6. The fourth-order valence-corrected chi connectivity index (χ4v) is 3.97. The van der Waals surface area contributed by atoms with Crippen molar-refractivity contribution in [2.24, 2.45) is 0 Å². The van der Waals surface area contributed by atoms with Gasteiger partial charge in [0.25, 0.3) is 0 Å². The minimum Gasteiger partial charge on any atom is -0.497 e. The van der Waals surface area contributed by atoms with Crippen LogP contribution in [0, 0.1) is 0 Å². The molecule has 1 aromatic carbocycles. The molecule has 1 saturated heterocycles. The highest BCUT2D eigenvalue weighted by Crippen LogP contribution is 2.34. The summed E-state index contributed by atoms with van der Waals surface area (Å²) in [4.78, 5) is 25.8. The standard InChI is InChI=1S/C24H32O8/c1-15-8-6-10-18(25)22-19(31-24(2,3)32-22)11-7-9-16-12-17(28-5)13-20(29-14-27-4)21(16)23(26)30-15/h6,10,12-13,15,19,22H,7-9,11,14H2,1-5H3/b10-6-/t15?,19-,22?/m0/s1. The number of carbonyl (C=O) groups is 2. The number of hydrogen-bond acceptors (Lipinski definition) is 8. The lowest BCUT2D eigenvalue weighted by Crippen LogP contribution is -2.30. The van der Waals surface area contributed by atoms with E-state index >= 15 is 0 Å². The minimum atomic E-state index is -0.832. The summed E-state index contributed by atoms with van der Waals surface area (Å²) in [6.45, 7) is 5.37. The number of hydrogen-bond donors (Lipinski definition) is 0. The predicted molar refractivity (Wildman–Crippen MR) is 116 cm³/mol. The minimum absolute atomic E-state index is 0.0166. The molecule has 0 aromatic heterocycles. The number of carbonyl (C=O) groups excluding carboxylic acids is 2. The third kappa shape index (κ3) is 5.88. The highest BCUT2D eigenvalue weighted by atomic mass is 16.8. The molecule has 1 aromatic rings. The number of benzene rings is 1. The number of esters is 1. The van der Waals surface area contributed by atoms with Crippen LogP contribution in [0.25, 0.3) is 0 Å². The van der Waals surface area contributed by atoms with Gasteiger partial charge in [0.05, 0.1) is 13.2 Å². The highest BCUT2D eigenvalue weighted by molar-refractivity contribution is 5.95. The Bertz CT molecular complexity index is 860. The lowest BCUT2D eigenvalue weighted by Gasteiger charge is -2.20. The topological polar surface area (TPSA) is 89.5 Å². The second kappa shape index (κ2) is 10.5. The third-order valence-corrected chi connectivity index (χ3v) is 5.39. The molecule has 0 spiro atoms. The van der Waals surface area contributed by atoms with Gasteiger partial charge in [-0.05, 0) is 57.7 Å². The molecule has 1 fully saturated rings. The van der Waals surface area contributed by atoms with E-state index in [2.05, 4.69) is 0 Å². The predicted octanol–water partition coefficient (Wildman–Crippen LogP) is 3.60. The zero-order chi connectivity index (χ0) is 23.3. The summed E-state index contributed by atoms with van der Waals surface area (Å²) in [5.74, 6) is -0.558. The molecule has 0 amide bonds. The van der Waals surface area contributed by atoms with Crippen LogP contribution in [-0.4, -0.2) is 56.9 Å². The van der Waals surface area contributed by atoms with Gasteiger partial charge in [-0.25, -0.2) is 4.79 Å². The van der Waals surface area contributed by atoms with Crippen molar-refractivity contribution in [2.75, 3.05) is 21.0 Å². The van der Waals surface area contributed by atoms with Crippen molar-refractivity contribution in [1.29, 1.82) is 0 Å². The molecule has 0 aliphatic carbocycles. The van der Waals surface area contributed by atoms with Crippen LogP contribution in [0.5, 0.6) is 11.5 Å². The number of rotatable bonds is 4. The average molecular weight is 449 g/mol. The van der Waals surface area contributed by atoms with E-state index in [4.69, 9.17) is 28.4 Å². The first kappa shape index (κ1) is 24.2. The Morgan fingerprint density at radius 1 is 1.16 bits per heavy atom. The molecule has 32 heavy (non-hydrogen) atoms. The number of cyclic esters (lactones) is 1. The Morgan fingerprint density at radius 3 is 2.66 bits per heavy atom. The van der Waals surface area contributed by atoms with Gasteiger partial charge in [-0.2, -0.15) is 0 Å². The van der Waals surface area contributed by atoms with Gasteiger partial charge in [0.1, 0.15) is 29.3 Å². The van der Waals surface area contributed by atoms with E-state index in [0.717, 1.165) is 5.56 Å². The number of ketones is 1. The van der Waals surface area contributed by atoms with Crippen LogP contribution in [0.4, 0.5) is 0 Å². The maximum atomic E-state index is 13.1. The molecule has 8 nitrogen and oxygen atoms in total. The number of fused-ring (bicyclic) bond motifs is 2. The summed E-state index contributed by atoms with van der Waals surface area (Å²) in [6, 6.07) is 3.46. The molecule has 3 rings (SSSR count). The van der Waals surface area contributed by atoms with Crippen LogP contribution < -0.4 is 9.47 Å². The van der Waals surface area contributed by atoms with Crippen molar-refractivity contribution in [1.82, 2.24) is 0 Å². The van der Waals surface area contributed by atoms with E-state index in [0.29, 0.717) is 42.7 Å². The number of aryl methyl sites for hydroxylation is 1. The van der Waals surface area contributed by atoms with E-state index in [1.807, 2.05) is 6.07 Å². The lowest BCUT2D eigenvalue weighted by atomic mass is 9.97. The van der Waals surface area contributed by atoms with Crippen LogP contribution >= 0.6 is 0 Å². The molecule has 2 unspecified atom stereocenters. The van der Waals surface area contributed by atoms with Gasteiger partial charge >= 0.3 is 5.97 Å². The zero-order valence-corrected chi connectivity index (χ0v) is 19.3. The van der Waals surface area contributed by atoms with Crippen molar-refractivity contribution >= 4 is 11.8 Å². The van der Waals surface area contributed by atoms with E-state index in [9.17, 15) is 9.59 Å². The maximum Gasteiger partial charge on any atom is 0.342 e.